The van der Waals surface area contributed by atoms with Gasteiger partial charge in [0.1, 0.15) is 0 Å². The molecule has 0 radical (unpaired) electrons. The normalized spacial score (nSPS) is 10.9. The van der Waals surface area contributed by atoms with Crippen LogP contribution in [0.25, 0.3) is 11.3 Å². The predicted molar refractivity (Wildman–Crippen MR) is 77.7 cm³/mol. The Kier molecular flexibility index (Phi) is 3.81. The summed E-state index contributed by atoms with van der Waals surface area (Å²) < 4.78 is 0. The number of nitrogens with zero attached hydrogens (tertiary/aromatic N) is 1. The summed E-state index contributed by atoms with van der Waals surface area (Å²) >= 11 is 0. The molecule has 0 saturated heterocycles. The van der Waals surface area contributed by atoms with Crippen molar-refractivity contribution in [3.63, 3.8) is 0 Å². The molecule has 1 nitrogen and oxygen atoms in total. The SMILES string of the molecule is Cc1cc(C)cc(-c2cccc(CC(C)C)n2)c1. The molecule has 0 spiro atoms. The molecule has 0 aliphatic rings. The van der Waals surface area contributed by atoms with Crippen molar-refractivity contribution < 1.29 is 0 Å². The van der Waals surface area contributed by atoms with Crippen molar-refractivity contribution in [3.05, 3.63) is 53.2 Å². The summed E-state index contributed by atoms with van der Waals surface area (Å²) in [5, 5.41) is 0. The number of benzene rings is 1. The molecule has 1 aromatic carbocycles. The lowest BCUT2D eigenvalue weighted by molar-refractivity contribution is 0.636. The first-order valence-corrected chi connectivity index (χ1v) is 6.59. The zero-order valence-electron chi connectivity index (χ0n) is 11.7. The highest BCUT2D eigenvalue weighted by Crippen LogP contribution is 2.21. The fraction of sp³-hybridized carbons (Fsp3) is 0.353. The maximum Gasteiger partial charge on any atom is 0.0705 e. The van der Waals surface area contributed by atoms with Crippen LogP contribution in [0.15, 0.2) is 36.4 Å². The van der Waals surface area contributed by atoms with E-state index in [-0.39, 0.29) is 0 Å². The maximum atomic E-state index is 4.77. The Morgan fingerprint density at radius 1 is 1.00 bits per heavy atom. The van der Waals surface area contributed by atoms with Gasteiger partial charge >= 0.3 is 0 Å². The topological polar surface area (TPSA) is 12.9 Å². The van der Waals surface area contributed by atoms with E-state index >= 15 is 0 Å². The third-order valence-electron chi connectivity index (χ3n) is 2.94. The molecule has 2 aromatic rings. The van der Waals surface area contributed by atoms with E-state index in [9.17, 15) is 0 Å². The van der Waals surface area contributed by atoms with Gasteiger partial charge in [0.05, 0.1) is 5.69 Å². The fourth-order valence-corrected chi connectivity index (χ4v) is 2.29. The number of hydrogen-bond donors (Lipinski definition) is 0. The summed E-state index contributed by atoms with van der Waals surface area (Å²) in [5.41, 5.74) is 6.07. The van der Waals surface area contributed by atoms with Crippen LogP contribution in [-0.2, 0) is 6.42 Å². The first kappa shape index (κ1) is 12.8. The molecular formula is C17H21N. The molecule has 0 N–H and O–H groups in total. The minimum atomic E-state index is 0.645. The molecular weight excluding hydrogens is 218 g/mol. The van der Waals surface area contributed by atoms with Crippen LogP contribution in [0.2, 0.25) is 0 Å². The van der Waals surface area contributed by atoms with Gasteiger partial charge in [0.2, 0.25) is 0 Å². The Bertz CT molecular complexity index is 521. The second kappa shape index (κ2) is 5.34. The van der Waals surface area contributed by atoms with Crippen molar-refractivity contribution in [1.82, 2.24) is 4.98 Å². The standard InChI is InChI=1S/C17H21N/c1-12(2)8-16-6-5-7-17(18-16)15-10-13(3)9-14(4)11-15/h5-7,9-12H,8H2,1-4H3. The van der Waals surface area contributed by atoms with E-state index in [0.29, 0.717) is 5.92 Å². The zero-order chi connectivity index (χ0) is 13.1. The van der Waals surface area contributed by atoms with Gasteiger partial charge in [0.15, 0.2) is 0 Å². The van der Waals surface area contributed by atoms with Gasteiger partial charge in [-0.25, -0.2) is 0 Å². The summed E-state index contributed by atoms with van der Waals surface area (Å²) in [6, 6.07) is 12.9. The van der Waals surface area contributed by atoms with Crippen LogP contribution in [0, 0.1) is 19.8 Å². The van der Waals surface area contributed by atoms with E-state index in [1.807, 2.05) is 0 Å². The highest BCUT2D eigenvalue weighted by Gasteiger charge is 2.04. The second-order valence-electron chi connectivity index (χ2n) is 5.49. The van der Waals surface area contributed by atoms with Crippen molar-refractivity contribution in [2.45, 2.75) is 34.1 Å². The lowest BCUT2D eigenvalue weighted by Gasteiger charge is -2.08. The molecule has 0 atom stereocenters. The Hall–Kier alpha value is -1.63. The molecule has 1 aromatic heterocycles. The predicted octanol–water partition coefficient (Wildman–Crippen LogP) is 4.56. The van der Waals surface area contributed by atoms with Gasteiger partial charge in [-0.1, -0.05) is 37.1 Å². The van der Waals surface area contributed by atoms with Gasteiger partial charge in [0, 0.05) is 11.3 Å². The van der Waals surface area contributed by atoms with E-state index < -0.39 is 0 Å². The highest BCUT2D eigenvalue weighted by molar-refractivity contribution is 5.61. The lowest BCUT2D eigenvalue weighted by atomic mass is 10.0. The number of aromatic nitrogens is 1. The molecule has 0 saturated carbocycles. The van der Waals surface area contributed by atoms with Crippen molar-refractivity contribution >= 4 is 0 Å². The molecule has 0 aliphatic heterocycles. The Labute approximate surface area is 110 Å². The average molecular weight is 239 g/mol. The zero-order valence-corrected chi connectivity index (χ0v) is 11.7. The largest absolute Gasteiger partial charge is 0.253 e. The number of pyridine rings is 1. The molecule has 18 heavy (non-hydrogen) atoms. The van der Waals surface area contributed by atoms with Crippen molar-refractivity contribution in [2.75, 3.05) is 0 Å². The quantitative estimate of drug-likeness (QED) is 0.765. The Morgan fingerprint density at radius 2 is 1.67 bits per heavy atom. The number of rotatable bonds is 3. The van der Waals surface area contributed by atoms with E-state index in [0.717, 1.165) is 12.1 Å². The van der Waals surface area contributed by atoms with Gasteiger partial charge < -0.3 is 0 Å². The fourth-order valence-electron chi connectivity index (χ4n) is 2.29. The lowest BCUT2D eigenvalue weighted by Crippen LogP contribution is -1.98. The van der Waals surface area contributed by atoms with Gasteiger partial charge in [-0.05, 0) is 50.5 Å². The third-order valence-corrected chi connectivity index (χ3v) is 2.94. The van der Waals surface area contributed by atoms with Crippen LogP contribution >= 0.6 is 0 Å². The Morgan fingerprint density at radius 3 is 2.28 bits per heavy atom. The van der Waals surface area contributed by atoms with E-state index in [2.05, 4.69) is 64.1 Å². The summed E-state index contributed by atoms with van der Waals surface area (Å²) in [5.74, 6) is 0.645. The smallest absolute Gasteiger partial charge is 0.0705 e. The maximum absolute atomic E-state index is 4.77. The van der Waals surface area contributed by atoms with Crippen LogP contribution < -0.4 is 0 Å². The van der Waals surface area contributed by atoms with Gasteiger partial charge in [-0.3, -0.25) is 4.98 Å². The van der Waals surface area contributed by atoms with Gasteiger partial charge in [-0.15, -0.1) is 0 Å². The monoisotopic (exact) mass is 239 g/mol. The first-order valence-electron chi connectivity index (χ1n) is 6.59. The molecule has 0 fully saturated rings. The van der Waals surface area contributed by atoms with Crippen molar-refractivity contribution in [1.29, 1.82) is 0 Å². The van der Waals surface area contributed by atoms with Crippen LogP contribution in [-0.4, -0.2) is 4.98 Å². The molecule has 1 heteroatoms. The van der Waals surface area contributed by atoms with E-state index in [4.69, 9.17) is 4.98 Å². The second-order valence-corrected chi connectivity index (χ2v) is 5.49. The minimum Gasteiger partial charge on any atom is -0.253 e. The highest BCUT2D eigenvalue weighted by atomic mass is 14.7. The molecule has 2 rings (SSSR count). The summed E-state index contributed by atoms with van der Waals surface area (Å²) in [6.45, 7) is 8.72. The van der Waals surface area contributed by atoms with Crippen molar-refractivity contribution in [2.24, 2.45) is 5.92 Å². The van der Waals surface area contributed by atoms with Gasteiger partial charge in [-0.2, -0.15) is 0 Å². The molecule has 0 unspecified atom stereocenters. The molecule has 0 aliphatic carbocycles. The average Bonchev–Trinajstić information content (AvgIpc) is 2.27. The van der Waals surface area contributed by atoms with Gasteiger partial charge in [0.25, 0.3) is 0 Å². The van der Waals surface area contributed by atoms with E-state index in [1.165, 1.54) is 22.4 Å². The van der Waals surface area contributed by atoms with E-state index in [1.54, 1.807) is 0 Å². The molecule has 1 heterocycles. The summed E-state index contributed by atoms with van der Waals surface area (Å²) in [7, 11) is 0. The van der Waals surface area contributed by atoms with Crippen LogP contribution in [0.5, 0.6) is 0 Å². The number of aryl methyl sites for hydroxylation is 2. The minimum absolute atomic E-state index is 0.645. The molecule has 0 amide bonds. The van der Waals surface area contributed by atoms with Crippen LogP contribution in [0.3, 0.4) is 0 Å². The first-order chi connectivity index (χ1) is 8.54. The van der Waals surface area contributed by atoms with Crippen LogP contribution in [0.1, 0.15) is 30.7 Å². The number of hydrogen-bond acceptors (Lipinski definition) is 1. The van der Waals surface area contributed by atoms with Crippen molar-refractivity contribution in [3.8, 4) is 11.3 Å². The van der Waals surface area contributed by atoms with Crippen LogP contribution in [0.4, 0.5) is 0 Å². The summed E-state index contributed by atoms with van der Waals surface area (Å²) in [6.07, 6.45) is 1.04. The molecule has 0 bridgehead atoms. The summed E-state index contributed by atoms with van der Waals surface area (Å²) in [4.78, 5) is 4.77. The molecule has 94 valence electrons. The Balaban J connectivity index is 2.38. The third kappa shape index (κ3) is 3.19.